The third-order valence-electron chi connectivity index (χ3n) is 7.64. The van der Waals surface area contributed by atoms with E-state index in [9.17, 15) is 14.7 Å². The van der Waals surface area contributed by atoms with Crippen molar-refractivity contribution >= 4 is 17.6 Å². The minimum atomic E-state index is -0.594. The number of carbonyl (C=O) groups is 2. The van der Waals surface area contributed by atoms with Crippen LogP contribution in [0.15, 0.2) is 36.7 Å². The molecule has 9 nitrogen and oxygen atoms in total. The van der Waals surface area contributed by atoms with Crippen molar-refractivity contribution in [2.24, 2.45) is 0 Å². The molecule has 0 aliphatic carbocycles. The Hall–Kier alpha value is -3.04. The van der Waals surface area contributed by atoms with Crippen molar-refractivity contribution in [1.82, 2.24) is 24.7 Å². The summed E-state index contributed by atoms with van der Waals surface area (Å²) in [4.78, 5) is 39.2. The number of anilines is 1. The lowest BCUT2D eigenvalue weighted by Gasteiger charge is -2.43. The van der Waals surface area contributed by atoms with Crippen molar-refractivity contribution in [1.29, 1.82) is 0 Å². The molecule has 0 saturated carbocycles. The number of β-amino-alcohol motifs (C(OH)–C–C–N with tert-alkyl or cyclic N) is 1. The van der Waals surface area contributed by atoms with E-state index >= 15 is 0 Å². The third kappa shape index (κ3) is 5.31. The van der Waals surface area contributed by atoms with E-state index in [2.05, 4.69) is 44.5 Å². The van der Waals surface area contributed by atoms with Crippen molar-refractivity contribution in [3.8, 4) is 0 Å². The molecular weight excluding hydrogens is 444 g/mol. The maximum atomic E-state index is 13.2. The Morgan fingerprint density at radius 3 is 2.49 bits per heavy atom. The second-order valence-corrected chi connectivity index (χ2v) is 9.88. The number of nitrogens with zero attached hydrogens (tertiary/aromatic N) is 5. The summed E-state index contributed by atoms with van der Waals surface area (Å²) in [6.07, 6.45) is 4.23. The number of hydrogen-bond donors (Lipinski definition) is 2. The van der Waals surface area contributed by atoms with Crippen LogP contribution >= 0.6 is 0 Å². The number of hydrogen-bond acceptors (Lipinski definition) is 7. The standard InChI is InChI=1S/C26H34N6O3/c1-18(33)30-11-7-21(8-12-30)29-25-14-22(27-17-28-25)26(35)32-13-9-23(24(34)16-32)31-10-6-19-4-2-3-5-20(19)15-31/h2-5,14,17,21,23-24,34H,6-13,15-16H2,1H3,(H,27,28,29)/t23-,24+/m0/s1. The highest BCUT2D eigenvalue weighted by atomic mass is 16.3. The Morgan fingerprint density at radius 2 is 1.74 bits per heavy atom. The number of piperidine rings is 2. The highest BCUT2D eigenvalue weighted by Gasteiger charge is 2.35. The van der Waals surface area contributed by atoms with Crippen LogP contribution in [0, 0.1) is 0 Å². The van der Waals surface area contributed by atoms with Gasteiger partial charge in [-0.2, -0.15) is 0 Å². The van der Waals surface area contributed by atoms with Gasteiger partial charge in [0.15, 0.2) is 0 Å². The van der Waals surface area contributed by atoms with E-state index in [1.165, 1.54) is 17.5 Å². The minimum Gasteiger partial charge on any atom is -0.390 e. The van der Waals surface area contributed by atoms with E-state index in [0.29, 0.717) is 24.6 Å². The van der Waals surface area contributed by atoms with Crippen LogP contribution in [0.4, 0.5) is 5.82 Å². The van der Waals surface area contributed by atoms with Crippen molar-refractivity contribution < 1.29 is 14.7 Å². The smallest absolute Gasteiger partial charge is 0.272 e. The molecule has 2 N–H and O–H groups in total. The van der Waals surface area contributed by atoms with Crippen LogP contribution in [0.3, 0.4) is 0 Å². The molecule has 2 aromatic rings. The molecule has 2 saturated heterocycles. The van der Waals surface area contributed by atoms with Gasteiger partial charge in [0.1, 0.15) is 17.8 Å². The summed E-state index contributed by atoms with van der Waals surface area (Å²) in [6.45, 7) is 5.71. The zero-order chi connectivity index (χ0) is 24.4. The van der Waals surface area contributed by atoms with E-state index < -0.39 is 6.10 Å². The predicted molar refractivity (Wildman–Crippen MR) is 132 cm³/mol. The van der Waals surface area contributed by atoms with Crippen LogP contribution in [-0.2, 0) is 17.8 Å². The van der Waals surface area contributed by atoms with E-state index in [4.69, 9.17) is 0 Å². The molecule has 9 heteroatoms. The summed E-state index contributed by atoms with van der Waals surface area (Å²) < 4.78 is 0. The number of carbonyl (C=O) groups excluding carboxylic acids is 2. The number of fused-ring (bicyclic) bond motifs is 1. The van der Waals surface area contributed by atoms with Crippen LogP contribution in [0.25, 0.3) is 0 Å². The van der Waals surface area contributed by atoms with Crippen LogP contribution < -0.4 is 5.32 Å². The average molecular weight is 479 g/mol. The Morgan fingerprint density at radius 1 is 1.00 bits per heavy atom. The summed E-state index contributed by atoms with van der Waals surface area (Å²) in [6, 6.07) is 10.5. The second-order valence-electron chi connectivity index (χ2n) is 9.88. The monoisotopic (exact) mass is 478 g/mol. The molecule has 0 radical (unpaired) electrons. The summed E-state index contributed by atoms with van der Waals surface area (Å²) >= 11 is 0. The van der Waals surface area contributed by atoms with Gasteiger partial charge in [0.05, 0.1) is 6.10 Å². The van der Waals surface area contributed by atoms with Gasteiger partial charge >= 0.3 is 0 Å². The molecule has 2 amide bonds. The number of likely N-dealkylation sites (tertiary alicyclic amines) is 2. The molecule has 3 aliphatic heterocycles. The van der Waals surface area contributed by atoms with Gasteiger partial charge < -0.3 is 20.2 Å². The lowest BCUT2D eigenvalue weighted by molar-refractivity contribution is -0.129. The zero-order valence-electron chi connectivity index (χ0n) is 20.3. The summed E-state index contributed by atoms with van der Waals surface area (Å²) in [5, 5.41) is 14.3. The first kappa shape index (κ1) is 23.7. The lowest BCUT2D eigenvalue weighted by Crippen LogP contribution is -2.56. The first-order valence-electron chi connectivity index (χ1n) is 12.6. The normalized spacial score (nSPS) is 23.6. The van der Waals surface area contributed by atoms with Crippen molar-refractivity contribution in [3.05, 3.63) is 53.5 Å². The van der Waals surface area contributed by atoms with E-state index in [1.807, 2.05) is 4.90 Å². The Kier molecular flexibility index (Phi) is 6.97. The van der Waals surface area contributed by atoms with Crippen molar-refractivity contribution in [2.75, 3.05) is 38.0 Å². The van der Waals surface area contributed by atoms with E-state index in [-0.39, 0.29) is 23.9 Å². The Balaban J connectivity index is 1.17. The van der Waals surface area contributed by atoms with Crippen molar-refractivity contribution in [3.63, 3.8) is 0 Å². The van der Waals surface area contributed by atoms with Gasteiger partial charge in [-0.1, -0.05) is 24.3 Å². The lowest BCUT2D eigenvalue weighted by atomic mass is 9.94. The van der Waals surface area contributed by atoms with Crippen LogP contribution in [-0.4, -0.2) is 92.5 Å². The molecule has 0 bridgehead atoms. The minimum absolute atomic E-state index is 0.0518. The van der Waals surface area contributed by atoms with Gasteiger partial charge in [0, 0.05) is 64.3 Å². The van der Waals surface area contributed by atoms with E-state index in [0.717, 1.165) is 51.9 Å². The SMILES string of the molecule is CC(=O)N1CCC(Nc2cc(C(=O)N3CC[C@H](N4CCc5ccccc5C4)[C@H](O)C3)ncn2)CC1. The molecule has 1 aromatic heterocycles. The number of rotatable bonds is 4. The molecule has 186 valence electrons. The molecule has 2 atom stereocenters. The van der Waals surface area contributed by atoms with Gasteiger partial charge in [-0.25, -0.2) is 9.97 Å². The maximum absolute atomic E-state index is 13.2. The number of amides is 2. The van der Waals surface area contributed by atoms with Gasteiger partial charge in [-0.3, -0.25) is 14.5 Å². The second kappa shape index (κ2) is 10.3. The van der Waals surface area contributed by atoms with Crippen LogP contribution in [0.1, 0.15) is 47.8 Å². The maximum Gasteiger partial charge on any atom is 0.272 e. The molecule has 0 unspecified atom stereocenters. The highest BCUT2D eigenvalue weighted by Crippen LogP contribution is 2.26. The molecule has 0 spiro atoms. The third-order valence-corrected chi connectivity index (χ3v) is 7.64. The van der Waals surface area contributed by atoms with Gasteiger partial charge in [-0.05, 0) is 36.8 Å². The fraction of sp³-hybridized carbons (Fsp3) is 0.538. The van der Waals surface area contributed by atoms with Crippen LogP contribution in [0.5, 0.6) is 0 Å². The molecule has 2 fully saturated rings. The molecule has 5 rings (SSSR count). The van der Waals surface area contributed by atoms with Gasteiger partial charge in [0.25, 0.3) is 5.91 Å². The van der Waals surface area contributed by atoms with Gasteiger partial charge in [0.2, 0.25) is 5.91 Å². The topological polar surface area (TPSA) is 102 Å². The summed E-state index contributed by atoms with van der Waals surface area (Å²) in [5.41, 5.74) is 3.06. The first-order chi connectivity index (χ1) is 17.0. The predicted octanol–water partition coefficient (Wildman–Crippen LogP) is 1.53. The Bertz CT molecular complexity index is 1070. The number of nitrogens with one attached hydrogen (secondary N) is 1. The average Bonchev–Trinajstić information content (AvgIpc) is 2.88. The highest BCUT2D eigenvalue weighted by molar-refractivity contribution is 5.93. The fourth-order valence-corrected chi connectivity index (χ4v) is 5.59. The molecule has 1 aromatic carbocycles. The molecule has 35 heavy (non-hydrogen) atoms. The number of aliphatic hydroxyl groups excluding tert-OH is 1. The fourth-order valence-electron chi connectivity index (χ4n) is 5.59. The summed E-state index contributed by atoms with van der Waals surface area (Å²) in [5.74, 6) is 0.546. The number of aliphatic hydroxyl groups is 1. The number of aromatic nitrogens is 2. The van der Waals surface area contributed by atoms with Crippen LogP contribution in [0.2, 0.25) is 0 Å². The number of benzene rings is 1. The van der Waals surface area contributed by atoms with E-state index in [1.54, 1.807) is 17.9 Å². The van der Waals surface area contributed by atoms with Crippen molar-refractivity contribution in [2.45, 2.75) is 57.3 Å². The molecular formula is C26H34N6O3. The quantitative estimate of drug-likeness (QED) is 0.687. The van der Waals surface area contributed by atoms with Gasteiger partial charge in [-0.15, -0.1) is 0 Å². The first-order valence-corrected chi connectivity index (χ1v) is 12.6. The Labute approximate surface area is 206 Å². The molecule has 3 aliphatic rings. The zero-order valence-corrected chi connectivity index (χ0v) is 20.3. The summed E-state index contributed by atoms with van der Waals surface area (Å²) in [7, 11) is 0. The largest absolute Gasteiger partial charge is 0.390 e. The molecule has 4 heterocycles.